The molecular formula is C34H30Cl2GaN2O2Zr. The number of benzene rings is 4. The van der Waals surface area contributed by atoms with E-state index in [1.165, 1.54) is 0 Å². The zero-order valence-corrected chi connectivity index (χ0v) is 29.7. The second-order valence-corrected chi connectivity index (χ2v) is 66.3. The molecule has 4 nitrogen and oxygen atoms in total. The Morgan fingerprint density at radius 1 is 0.619 bits per heavy atom. The Kier molecular flexibility index (Phi) is 8.06. The predicted molar refractivity (Wildman–Crippen MR) is 172 cm³/mol. The number of halogens is 2. The van der Waals surface area contributed by atoms with Gasteiger partial charge in [-0.05, 0) is 0 Å². The monoisotopic (exact) mass is 727 g/mol. The molecule has 4 aromatic carbocycles. The Morgan fingerprint density at radius 3 is 1.40 bits per heavy atom. The number of fused-ring (bicyclic) bond motifs is 2. The van der Waals surface area contributed by atoms with Gasteiger partial charge in [-0.15, -0.1) is 0 Å². The maximum atomic E-state index is 12.1. The third-order valence-electron chi connectivity index (χ3n) is 8.85. The summed E-state index contributed by atoms with van der Waals surface area (Å²) in [5.41, 5.74) is 10.9. The van der Waals surface area contributed by atoms with Gasteiger partial charge in [0, 0.05) is 0 Å². The second kappa shape index (κ2) is 11.5. The minimum atomic E-state index is -5.44. The topological polar surface area (TPSA) is 58.2 Å². The van der Waals surface area contributed by atoms with Crippen LogP contribution >= 0.6 is 17.0 Å². The molecular weight excluding hydrogens is 700 g/mol. The maximum absolute atomic E-state index is 12.1. The molecule has 0 fully saturated rings. The van der Waals surface area contributed by atoms with Crippen LogP contribution in [-0.2, 0) is 22.9 Å². The molecule has 0 spiro atoms. The summed E-state index contributed by atoms with van der Waals surface area (Å²) in [5.74, 6) is 0. The average molecular weight is 730 g/mol. The van der Waals surface area contributed by atoms with Crippen LogP contribution in [0.3, 0.4) is 0 Å². The third kappa shape index (κ3) is 4.63. The van der Waals surface area contributed by atoms with Gasteiger partial charge in [-0.1, -0.05) is 0 Å². The summed E-state index contributed by atoms with van der Waals surface area (Å²) in [6, 6.07) is 33.2. The zero-order valence-electron chi connectivity index (χ0n) is 23.4. The first kappa shape index (κ1) is 29.5. The van der Waals surface area contributed by atoms with Crippen LogP contribution in [0.5, 0.6) is 0 Å². The number of allylic oxidation sites excluding steroid dienone is 2. The fourth-order valence-electron chi connectivity index (χ4n) is 7.31. The summed E-state index contributed by atoms with van der Waals surface area (Å²) in [4.78, 5) is 24.2. The van der Waals surface area contributed by atoms with Crippen molar-refractivity contribution < 1.29 is 22.9 Å². The van der Waals surface area contributed by atoms with Crippen LogP contribution < -0.4 is 8.05 Å². The number of nitrogens with one attached hydrogen (secondary N) is 2. The van der Waals surface area contributed by atoms with Crippen LogP contribution in [0.15, 0.2) is 108 Å². The molecule has 2 aliphatic rings. The van der Waals surface area contributed by atoms with E-state index in [0.717, 1.165) is 55.7 Å². The van der Waals surface area contributed by atoms with E-state index >= 15 is 0 Å². The quantitative estimate of drug-likeness (QED) is 0.135. The number of amides is 2. The van der Waals surface area contributed by atoms with E-state index in [1.54, 1.807) is 0 Å². The minimum absolute atomic E-state index is 0.294. The van der Waals surface area contributed by atoms with Crippen LogP contribution in [0.2, 0.25) is 0 Å². The fourth-order valence-corrected chi connectivity index (χ4v) is 64.5. The number of carbonyl (C=O) groups is 2. The molecule has 6 rings (SSSR count). The van der Waals surface area contributed by atoms with E-state index in [4.69, 9.17) is 17.0 Å². The Bertz CT molecular complexity index is 1630. The van der Waals surface area contributed by atoms with E-state index in [0.29, 0.717) is 12.8 Å². The van der Waals surface area contributed by atoms with Crippen molar-refractivity contribution in [3.05, 3.63) is 130 Å². The Labute approximate surface area is 257 Å². The van der Waals surface area contributed by atoms with E-state index in [-0.39, 0.29) is 7.25 Å². The third-order valence-corrected chi connectivity index (χ3v) is 67.5. The molecule has 0 aromatic heterocycles. The van der Waals surface area contributed by atoms with E-state index < -0.39 is 26.0 Å². The van der Waals surface area contributed by atoms with Gasteiger partial charge in [0.1, 0.15) is 0 Å². The molecule has 0 saturated heterocycles. The standard InChI is InChI=1S/2C16H13.2CH3NO.2ClH.Ga.Zr/c2*1-12-10-14-8-5-9-15(16(14)11-12)13-6-3-2-4-7-13;2*2-1-3;;;;/h2*2-11H,1H3;2*1H,(H2,2,3);2*1H;;/q;;;;;;2*+2/p-4. The molecule has 0 radical (unpaired) electrons. The van der Waals surface area contributed by atoms with E-state index in [9.17, 15) is 9.59 Å². The van der Waals surface area contributed by atoms with Crippen LogP contribution in [0.4, 0.5) is 0 Å². The number of hydrogen-bond donors (Lipinski definition) is 2. The molecule has 0 saturated carbocycles. The van der Waals surface area contributed by atoms with Gasteiger partial charge in [0.25, 0.3) is 0 Å². The normalized spacial score (nSPS) is 18.0. The molecule has 2 N–H and O–H groups in total. The van der Waals surface area contributed by atoms with Crippen molar-refractivity contribution in [1.29, 1.82) is 0 Å². The Hall–Kier alpha value is -2.60. The molecule has 0 bridgehead atoms. The molecule has 2 atom stereocenters. The van der Waals surface area contributed by atoms with Crippen LogP contribution in [-0.4, -0.2) is 25.5 Å². The van der Waals surface area contributed by atoms with Gasteiger partial charge in [-0.25, -0.2) is 0 Å². The fraction of sp³-hybridized carbons (Fsp3) is 0.118. The van der Waals surface area contributed by atoms with Crippen molar-refractivity contribution in [2.45, 2.75) is 21.1 Å². The van der Waals surface area contributed by atoms with Crippen molar-refractivity contribution in [1.82, 2.24) is 8.05 Å². The number of hydrogen-bond acceptors (Lipinski definition) is 2. The molecule has 0 heterocycles. The van der Waals surface area contributed by atoms with Crippen molar-refractivity contribution in [2.24, 2.45) is 0 Å². The molecule has 42 heavy (non-hydrogen) atoms. The summed E-state index contributed by atoms with van der Waals surface area (Å²) in [6.07, 6.45) is 5.75. The second-order valence-electron chi connectivity index (χ2n) is 11.2. The van der Waals surface area contributed by atoms with E-state index in [2.05, 4.69) is 94.7 Å². The van der Waals surface area contributed by atoms with Gasteiger partial charge < -0.3 is 0 Å². The predicted octanol–water partition coefficient (Wildman–Crippen LogP) is 8.11. The molecule has 2 aliphatic carbocycles. The van der Waals surface area contributed by atoms with Crippen LogP contribution in [0.1, 0.15) is 43.4 Å². The summed E-state index contributed by atoms with van der Waals surface area (Å²) in [7, 11) is 16.6. The number of rotatable bonds is 9. The molecule has 8 heteroatoms. The van der Waals surface area contributed by atoms with Gasteiger partial charge in [0.2, 0.25) is 0 Å². The van der Waals surface area contributed by atoms with Crippen LogP contribution in [0.25, 0.3) is 34.4 Å². The first-order valence-electron chi connectivity index (χ1n) is 14.0. The van der Waals surface area contributed by atoms with Gasteiger partial charge in [-0.2, -0.15) is 0 Å². The first-order valence-corrected chi connectivity index (χ1v) is 34.2. The SMILES string of the molecule is CC1=Cc2c(-c3ccccc3)cccc2[CH]1[Zr]([Cl])([Cl])([CH]1C(C)=Cc2c(-c3ccccc3)cccc21)[Ga]([NH]C=O)[NH]C=O. The number of carbonyl (C=O) groups excluding carboxylic acids is 2. The molecule has 2 amide bonds. The Balaban J connectivity index is 1.61. The van der Waals surface area contributed by atoms with E-state index in [1.807, 2.05) is 36.4 Å². The zero-order chi connectivity index (χ0) is 29.5. The molecule has 209 valence electrons. The molecule has 4 aromatic rings. The summed E-state index contributed by atoms with van der Waals surface area (Å²) in [5, 5.41) is 0. The van der Waals surface area contributed by atoms with Gasteiger partial charge in [0.05, 0.1) is 0 Å². The summed E-state index contributed by atoms with van der Waals surface area (Å²) >= 11 is -8.94. The average Bonchev–Trinajstić information content (AvgIpc) is 3.54. The molecule has 0 aliphatic heterocycles. The van der Waals surface area contributed by atoms with Crippen LogP contribution in [0, 0.1) is 0 Å². The van der Waals surface area contributed by atoms with Crippen molar-refractivity contribution >= 4 is 54.6 Å². The first-order chi connectivity index (χ1) is 20.3. The van der Waals surface area contributed by atoms with Crippen molar-refractivity contribution in [3.63, 3.8) is 0 Å². The van der Waals surface area contributed by atoms with Gasteiger partial charge >= 0.3 is 259 Å². The van der Waals surface area contributed by atoms with Crippen molar-refractivity contribution in [3.8, 4) is 22.3 Å². The molecule has 2 unspecified atom stereocenters. The summed E-state index contributed by atoms with van der Waals surface area (Å²) in [6.45, 7) is 4.18. The summed E-state index contributed by atoms with van der Waals surface area (Å²) < 4.78 is 5.52. The Morgan fingerprint density at radius 2 is 1.02 bits per heavy atom. The van der Waals surface area contributed by atoms with Gasteiger partial charge in [0.15, 0.2) is 0 Å². The van der Waals surface area contributed by atoms with Crippen molar-refractivity contribution in [2.75, 3.05) is 0 Å². The van der Waals surface area contributed by atoms with Gasteiger partial charge in [-0.3, -0.25) is 0 Å².